The summed E-state index contributed by atoms with van der Waals surface area (Å²) in [5.74, 6) is -0.00282. The fraction of sp³-hybridized carbons (Fsp3) is 0.0667. The molecule has 0 unspecified atom stereocenters. The maximum Gasteiger partial charge on any atom is 0.185 e. The predicted octanol–water partition coefficient (Wildman–Crippen LogP) is 2.45. The van der Waals surface area contributed by atoms with E-state index in [-0.39, 0.29) is 5.78 Å². The molecule has 0 saturated carbocycles. The molecule has 0 radical (unpaired) electrons. The molecule has 0 fully saturated rings. The zero-order valence-corrected chi connectivity index (χ0v) is 10.2. The molecular weight excluding hydrogens is 238 g/mol. The Morgan fingerprint density at radius 1 is 0.895 bits per heavy atom. The number of ketones is 1. The largest absolute Gasteiger partial charge is 0.292 e. The Kier molecular flexibility index (Phi) is 2.98. The van der Waals surface area contributed by atoms with Gasteiger partial charge in [0.15, 0.2) is 11.4 Å². The molecule has 0 aliphatic carbocycles. The van der Waals surface area contributed by atoms with Gasteiger partial charge in [-0.2, -0.15) is 0 Å². The minimum atomic E-state index is -0.00282. The van der Waals surface area contributed by atoms with Crippen molar-refractivity contribution in [2.75, 3.05) is 0 Å². The second-order valence-electron chi connectivity index (χ2n) is 4.16. The number of aromatic nitrogens is 3. The lowest BCUT2D eigenvalue weighted by molar-refractivity contribution is 0.0988. The van der Waals surface area contributed by atoms with Crippen LogP contribution in [0.5, 0.6) is 0 Å². The van der Waals surface area contributed by atoms with Crippen molar-refractivity contribution in [2.45, 2.75) is 6.42 Å². The minimum Gasteiger partial charge on any atom is -0.292 e. The van der Waals surface area contributed by atoms with E-state index in [2.05, 4.69) is 15.0 Å². The summed E-state index contributed by atoms with van der Waals surface area (Å²) in [7, 11) is 0. The highest BCUT2D eigenvalue weighted by Crippen LogP contribution is 2.16. The molecule has 92 valence electrons. The fourth-order valence-corrected chi connectivity index (χ4v) is 1.98. The van der Waals surface area contributed by atoms with Gasteiger partial charge in [0.05, 0.1) is 0 Å². The number of hydrogen-bond acceptors (Lipinski definition) is 4. The lowest BCUT2D eigenvalue weighted by atomic mass is 10.0. The van der Waals surface area contributed by atoms with Crippen molar-refractivity contribution < 1.29 is 4.79 Å². The third-order valence-corrected chi connectivity index (χ3v) is 2.91. The van der Waals surface area contributed by atoms with Crippen molar-refractivity contribution >= 4 is 16.8 Å². The Morgan fingerprint density at radius 2 is 1.74 bits per heavy atom. The molecule has 0 saturated heterocycles. The van der Waals surface area contributed by atoms with Gasteiger partial charge in [-0.3, -0.25) is 9.78 Å². The monoisotopic (exact) mass is 249 g/mol. The van der Waals surface area contributed by atoms with Crippen molar-refractivity contribution in [3.05, 3.63) is 66.2 Å². The zero-order valence-electron chi connectivity index (χ0n) is 10.2. The van der Waals surface area contributed by atoms with Gasteiger partial charge in [-0.25, -0.2) is 9.97 Å². The topological polar surface area (TPSA) is 55.7 Å². The molecular formula is C15H11N3O. The highest BCUT2D eigenvalue weighted by Gasteiger charge is 2.10. The van der Waals surface area contributed by atoms with Crippen molar-refractivity contribution in [1.82, 2.24) is 15.0 Å². The van der Waals surface area contributed by atoms with Crippen LogP contribution in [-0.4, -0.2) is 20.7 Å². The van der Waals surface area contributed by atoms with Crippen molar-refractivity contribution in [3.63, 3.8) is 0 Å². The first kappa shape index (κ1) is 11.5. The number of carbonyl (C=O) groups excluding carboxylic acids is 1. The second kappa shape index (κ2) is 4.94. The van der Waals surface area contributed by atoms with E-state index in [0.717, 1.165) is 10.9 Å². The summed E-state index contributed by atoms with van der Waals surface area (Å²) in [5, 5.41) is 0.911. The van der Waals surface area contributed by atoms with Crippen LogP contribution in [0.15, 0.2) is 55.0 Å². The van der Waals surface area contributed by atoms with Gasteiger partial charge in [-0.15, -0.1) is 0 Å². The molecule has 0 atom stereocenters. The minimum absolute atomic E-state index is 0.00282. The van der Waals surface area contributed by atoms with Crippen LogP contribution in [-0.2, 0) is 6.42 Å². The highest BCUT2D eigenvalue weighted by atomic mass is 16.1. The first-order valence-corrected chi connectivity index (χ1v) is 5.97. The number of nitrogens with zero attached hydrogens (tertiary/aromatic N) is 3. The average molecular weight is 249 g/mol. The molecule has 0 aliphatic rings. The van der Waals surface area contributed by atoms with Gasteiger partial charge in [0, 0.05) is 30.4 Å². The number of fused-ring (bicyclic) bond motifs is 1. The van der Waals surface area contributed by atoms with E-state index in [1.54, 1.807) is 30.7 Å². The Morgan fingerprint density at radius 3 is 2.58 bits per heavy atom. The van der Waals surface area contributed by atoms with Gasteiger partial charge in [-0.1, -0.05) is 6.07 Å². The molecule has 3 aromatic heterocycles. The molecule has 0 N–H and O–H groups in total. The summed E-state index contributed by atoms with van der Waals surface area (Å²) in [5.41, 5.74) is 2.07. The quantitative estimate of drug-likeness (QED) is 0.669. The summed E-state index contributed by atoms with van der Waals surface area (Å²) in [6.45, 7) is 0. The maximum atomic E-state index is 12.2. The van der Waals surface area contributed by atoms with Crippen molar-refractivity contribution in [2.24, 2.45) is 0 Å². The number of pyridine rings is 3. The number of carbonyl (C=O) groups is 1. The highest BCUT2D eigenvalue weighted by molar-refractivity contribution is 5.97. The van der Waals surface area contributed by atoms with Gasteiger partial charge >= 0.3 is 0 Å². The first-order valence-electron chi connectivity index (χ1n) is 5.97. The third-order valence-electron chi connectivity index (χ3n) is 2.91. The van der Waals surface area contributed by atoms with E-state index in [9.17, 15) is 4.79 Å². The summed E-state index contributed by atoms with van der Waals surface area (Å²) >= 11 is 0. The molecule has 0 aliphatic heterocycles. The second-order valence-corrected chi connectivity index (χ2v) is 4.16. The van der Waals surface area contributed by atoms with Crippen LogP contribution in [0.2, 0.25) is 0 Å². The standard InChI is InChI=1S/C15H11N3O/c19-14(13-5-1-2-7-16-13)10-11-6-9-18-15-12(11)4-3-8-17-15/h1-9H,10H2. The van der Waals surface area contributed by atoms with E-state index in [1.807, 2.05) is 24.3 Å². The molecule has 0 aromatic carbocycles. The Balaban J connectivity index is 1.96. The van der Waals surface area contributed by atoms with Gasteiger partial charge < -0.3 is 0 Å². The van der Waals surface area contributed by atoms with E-state index in [0.29, 0.717) is 17.8 Å². The molecule has 3 aromatic rings. The number of rotatable bonds is 3. The van der Waals surface area contributed by atoms with Crippen LogP contribution in [0.1, 0.15) is 16.1 Å². The van der Waals surface area contributed by atoms with E-state index >= 15 is 0 Å². The average Bonchev–Trinajstić information content (AvgIpc) is 2.48. The Bertz CT molecular complexity index is 720. The smallest absolute Gasteiger partial charge is 0.185 e. The van der Waals surface area contributed by atoms with Crippen LogP contribution in [0.4, 0.5) is 0 Å². The first-order chi connectivity index (χ1) is 9.34. The third kappa shape index (κ3) is 2.33. The van der Waals surface area contributed by atoms with Gasteiger partial charge in [0.25, 0.3) is 0 Å². The summed E-state index contributed by atoms with van der Waals surface area (Å²) in [4.78, 5) is 24.6. The molecule has 3 heterocycles. The van der Waals surface area contributed by atoms with E-state index in [4.69, 9.17) is 0 Å². The van der Waals surface area contributed by atoms with Gasteiger partial charge in [0.2, 0.25) is 0 Å². The summed E-state index contributed by atoms with van der Waals surface area (Å²) in [6, 6.07) is 11.0. The summed E-state index contributed by atoms with van der Waals surface area (Å²) < 4.78 is 0. The summed E-state index contributed by atoms with van der Waals surface area (Å²) in [6.07, 6.45) is 5.30. The van der Waals surface area contributed by atoms with Crippen LogP contribution < -0.4 is 0 Å². The molecule has 4 nitrogen and oxygen atoms in total. The lowest BCUT2D eigenvalue weighted by Gasteiger charge is -2.04. The molecule has 19 heavy (non-hydrogen) atoms. The van der Waals surface area contributed by atoms with Gasteiger partial charge in [-0.05, 0) is 35.9 Å². The maximum absolute atomic E-state index is 12.2. The molecule has 4 heteroatoms. The van der Waals surface area contributed by atoms with Gasteiger partial charge in [0.1, 0.15) is 5.69 Å². The molecule has 0 amide bonds. The number of Topliss-reactive ketones (excluding diaryl/α,β-unsaturated/α-hetero) is 1. The van der Waals surface area contributed by atoms with Crippen LogP contribution in [0, 0.1) is 0 Å². The van der Waals surface area contributed by atoms with Crippen LogP contribution in [0.3, 0.4) is 0 Å². The zero-order chi connectivity index (χ0) is 13.1. The van der Waals surface area contributed by atoms with Crippen LogP contribution in [0.25, 0.3) is 11.0 Å². The lowest BCUT2D eigenvalue weighted by Crippen LogP contribution is -2.06. The Labute approximate surface area is 110 Å². The Hall–Kier alpha value is -2.62. The predicted molar refractivity (Wildman–Crippen MR) is 71.8 cm³/mol. The van der Waals surface area contributed by atoms with Crippen molar-refractivity contribution in [1.29, 1.82) is 0 Å². The fourth-order valence-electron chi connectivity index (χ4n) is 1.98. The number of hydrogen-bond donors (Lipinski definition) is 0. The van der Waals surface area contributed by atoms with E-state index < -0.39 is 0 Å². The molecule has 0 bridgehead atoms. The van der Waals surface area contributed by atoms with Crippen molar-refractivity contribution in [3.8, 4) is 0 Å². The van der Waals surface area contributed by atoms with Crippen LogP contribution >= 0.6 is 0 Å². The normalized spacial score (nSPS) is 10.5. The molecule has 3 rings (SSSR count). The SMILES string of the molecule is O=C(Cc1ccnc2ncccc12)c1ccccn1. The van der Waals surface area contributed by atoms with E-state index in [1.165, 1.54) is 0 Å². The molecule has 0 spiro atoms.